The van der Waals surface area contributed by atoms with Crippen molar-refractivity contribution < 1.29 is 4.74 Å². The van der Waals surface area contributed by atoms with Gasteiger partial charge in [0.15, 0.2) is 0 Å². The monoisotopic (exact) mass is 296 g/mol. The third kappa shape index (κ3) is 5.06. The van der Waals surface area contributed by atoms with Gasteiger partial charge in [-0.25, -0.2) is 0 Å². The van der Waals surface area contributed by atoms with Crippen LogP contribution in [0.4, 0.5) is 0 Å². The van der Waals surface area contributed by atoms with Gasteiger partial charge in [0.05, 0.1) is 13.2 Å². The topological polar surface area (TPSA) is 24.5 Å². The molecule has 0 aliphatic heterocycles. The molecule has 0 saturated heterocycles. The third-order valence-corrected chi connectivity index (χ3v) is 4.09. The van der Waals surface area contributed by atoms with Gasteiger partial charge in [-0.2, -0.15) is 0 Å². The maximum Gasteiger partial charge on any atom is 0.0593 e. The molecule has 0 heterocycles. The van der Waals surface area contributed by atoms with Gasteiger partial charge >= 0.3 is 0 Å². The lowest BCUT2D eigenvalue weighted by atomic mass is 9.76. The van der Waals surface area contributed by atoms with Crippen LogP contribution in [-0.2, 0) is 4.74 Å². The summed E-state index contributed by atoms with van der Waals surface area (Å²) in [5.41, 5.74) is 1.41. The zero-order valence-corrected chi connectivity index (χ0v) is 13.2. The minimum Gasteiger partial charge on any atom is -0.379 e. The van der Waals surface area contributed by atoms with Crippen LogP contribution in [0.5, 0.6) is 0 Å². The Morgan fingerprint density at radius 3 is 2.55 bits per heavy atom. The summed E-state index contributed by atoms with van der Waals surface area (Å²) in [5, 5.41) is 4.37. The lowest BCUT2D eigenvalue weighted by Gasteiger charge is -2.36. The van der Waals surface area contributed by atoms with Crippen LogP contribution in [-0.4, -0.2) is 51.3 Å². The maximum absolute atomic E-state index is 5.91. The number of hydrogen-bond acceptors (Lipinski definition) is 3. The molecule has 1 aliphatic carbocycles. The number of nitrogens with zero attached hydrogens (tertiary/aromatic N) is 1. The first-order chi connectivity index (χ1) is 9.65. The maximum atomic E-state index is 5.91. The SMILES string of the molecule is CN(C)CCOCCNC1CC(c2ccc(Cl)cc2)C1. The average Bonchev–Trinajstić information content (AvgIpc) is 2.37. The Hall–Kier alpha value is -0.610. The highest BCUT2D eigenvalue weighted by Gasteiger charge is 2.29. The summed E-state index contributed by atoms with van der Waals surface area (Å²) in [4.78, 5) is 2.13. The molecule has 0 aromatic heterocycles. The van der Waals surface area contributed by atoms with E-state index in [1.165, 1.54) is 18.4 Å². The highest BCUT2D eigenvalue weighted by molar-refractivity contribution is 6.30. The van der Waals surface area contributed by atoms with E-state index in [-0.39, 0.29) is 0 Å². The molecule has 1 saturated carbocycles. The standard InChI is InChI=1S/C16H25ClN2O/c1-19(2)8-10-20-9-7-18-16-11-14(12-16)13-3-5-15(17)6-4-13/h3-6,14,16,18H,7-12H2,1-2H3. The Labute approximate surface area is 127 Å². The molecule has 20 heavy (non-hydrogen) atoms. The van der Waals surface area contributed by atoms with E-state index in [0.29, 0.717) is 12.0 Å². The molecule has 0 atom stereocenters. The fraction of sp³-hybridized carbons (Fsp3) is 0.625. The Balaban J connectivity index is 1.52. The molecule has 0 bridgehead atoms. The third-order valence-electron chi connectivity index (χ3n) is 3.84. The van der Waals surface area contributed by atoms with Crippen molar-refractivity contribution in [3.63, 3.8) is 0 Å². The molecule has 3 nitrogen and oxygen atoms in total. The summed E-state index contributed by atoms with van der Waals surface area (Å²) in [5.74, 6) is 0.694. The lowest BCUT2D eigenvalue weighted by Crippen LogP contribution is -2.41. The molecule has 1 N–H and O–H groups in total. The quantitative estimate of drug-likeness (QED) is 0.747. The van der Waals surface area contributed by atoms with Gasteiger partial charge in [0.1, 0.15) is 0 Å². The van der Waals surface area contributed by atoms with Gasteiger partial charge in [-0.05, 0) is 50.6 Å². The lowest BCUT2D eigenvalue weighted by molar-refractivity contribution is 0.114. The van der Waals surface area contributed by atoms with Crippen LogP contribution in [0.2, 0.25) is 5.02 Å². The van der Waals surface area contributed by atoms with Crippen LogP contribution < -0.4 is 5.32 Å². The molecule has 0 amide bonds. The molecule has 1 aliphatic rings. The summed E-state index contributed by atoms with van der Waals surface area (Å²) < 4.78 is 5.57. The summed E-state index contributed by atoms with van der Waals surface area (Å²) in [7, 11) is 4.12. The second kappa shape index (κ2) is 7.99. The van der Waals surface area contributed by atoms with Crippen LogP contribution in [0.25, 0.3) is 0 Å². The Morgan fingerprint density at radius 1 is 1.20 bits per heavy atom. The zero-order valence-electron chi connectivity index (χ0n) is 12.4. The molecule has 0 radical (unpaired) electrons. The van der Waals surface area contributed by atoms with Crippen LogP contribution in [0.3, 0.4) is 0 Å². The van der Waals surface area contributed by atoms with Crippen molar-refractivity contribution in [3.05, 3.63) is 34.9 Å². The number of ether oxygens (including phenoxy) is 1. The fourth-order valence-electron chi connectivity index (χ4n) is 2.48. The van der Waals surface area contributed by atoms with Crippen LogP contribution >= 0.6 is 11.6 Å². The highest BCUT2D eigenvalue weighted by Crippen LogP contribution is 2.37. The molecule has 1 fully saturated rings. The first kappa shape index (κ1) is 15.8. The first-order valence-electron chi connectivity index (χ1n) is 7.36. The van der Waals surface area contributed by atoms with Crippen molar-refractivity contribution in [2.45, 2.75) is 24.8 Å². The zero-order chi connectivity index (χ0) is 14.4. The van der Waals surface area contributed by atoms with Crippen molar-refractivity contribution in [1.82, 2.24) is 10.2 Å². The van der Waals surface area contributed by atoms with Gasteiger partial charge in [0, 0.05) is 24.2 Å². The molecular formula is C16H25ClN2O. The smallest absolute Gasteiger partial charge is 0.0593 e. The fourth-order valence-corrected chi connectivity index (χ4v) is 2.60. The Bertz CT molecular complexity index is 388. The van der Waals surface area contributed by atoms with E-state index in [1.54, 1.807) is 0 Å². The minimum atomic E-state index is 0.646. The number of hydrogen-bond donors (Lipinski definition) is 1. The first-order valence-corrected chi connectivity index (χ1v) is 7.74. The van der Waals surface area contributed by atoms with E-state index in [1.807, 2.05) is 12.1 Å². The second-order valence-corrected chi connectivity index (χ2v) is 6.22. The normalized spacial score (nSPS) is 22.0. The van der Waals surface area contributed by atoms with Gasteiger partial charge in [0.25, 0.3) is 0 Å². The molecule has 2 rings (SSSR count). The molecule has 4 heteroatoms. The molecule has 1 aromatic carbocycles. The Kier molecular flexibility index (Phi) is 6.30. The van der Waals surface area contributed by atoms with Crippen LogP contribution in [0.15, 0.2) is 24.3 Å². The predicted octanol–water partition coefficient (Wildman–Crippen LogP) is 2.75. The van der Waals surface area contributed by atoms with E-state index >= 15 is 0 Å². The molecule has 1 aromatic rings. The largest absolute Gasteiger partial charge is 0.379 e. The van der Waals surface area contributed by atoms with Gasteiger partial charge in [-0.15, -0.1) is 0 Å². The van der Waals surface area contributed by atoms with Crippen LogP contribution in [0, 0.1) is 0 Å². The van der Waals surface area contributed by atoms with E-state index in [4.69, 9.17) is 16.3 Å². The van der Waals surface area contributed by atoms with Crippen molar-refractivity contribution in [2.24, 2.45) is 0 Å². The molecular weight excluding hydrogens is 272 g/mol. The molecule has 0 spiro atoms. The number of benzene rings is 1. The summed E-state index contributed by atoms with van der Waals surface area (Å²) in [6.45, 7) is 3.55. The number of rotatable bonds is 8. The van der Waals surface area contributed by atoms with E-state index < -0.39 is 0 Å². The van der Waals surface area contributed by atoms with Gasteiger partial charge in [0.2, 0.25) is 0 Å². The van der Waals surface area contributed by atoms with Gasteiger partial charge in [-0.3, -0.25) is 0 Å². The van der Waals surface area contributed by atoms with E-state index in [2.05, 4.69) is 36.4 Å². The number of likely N-dealkylation sites (N-methyl/N-ethyl adjacent to an activating group) is 1. The molecule has 0 unspecified atom stereocenters. The van der Waals surface area contributed by atoms with Crippen molar-refractivity contribution in [2.75, 3.05) is 40.4 Å². The van der Waals surface area contributed by atoms with Gasteiger partial charge in [-0.1, -0.05) is 23.7 Å². The molecule has 112 valence electrons. The highest BCUT2D eigenvalue weighted by atomic mass is 35.5. The van der Waals surface area contributed by atoms with Gasteiger partial charge < -0.3 is 15.0 Å². The van der Waals surface area contributed by atoms with E-state index in [0.717, 1.165) is 31.3 Å². The predicted molar refractivity (Wildman–Crippen MR) is 84.6 cm³/mol. The summed E-state index contributed by atoms with van der Waals surface area (Å²) in [6, 6.07) is 8.90. The van der Waals surface area contributed by atoms with Crippen molar-refractivity contribution in [1.29, 1.82) is 0 Å². The number of nitrogens with one attached hydrogen (secondary N) is 1. The minimum absolute atomic E-state index is 0.646. The Morgan fingerprint density at radius 2 is 1.90 bits per heavy atom. The summed E-state index contributed by atoms with van der Waals surface area (Å²) in [6.07, 6.45) is 2.44. The van der Waals surface area contributed by atoms with Crippen molar-refractivity contribution in [3.8, 4) is 0 Å². The van der Waals surface area contributed by atoms with E-state index in [9.17, 15) is 0 Å². The number of halogens is 1. The summed E-state index contributed by atoms with van der Waals surface area (Å²) >= 11 is 5.91. The van der Waals surface area contributed by atoms with Crippen molar-refractivity contribution >= 4 is 11.6 Å². The second-order valence-electron chi connectivity index (χ2n) is 5.79. The average molecular weight is 297 g/mol. The van der Waals surface area contributed by atoms with Crippen LogP contribution in [0.1, 0.15) is 24.3 Å².